The first-order valence-corrected chi connectivity index (χ1v) is 5.34. The molecule has 0 saturated carbocycles. The van der Waals surface area contributed by atoms with Gasteiger partial charge in [0.05, 0.1) is 0 Å². The van der Waals surface area contributed by atoms with Gasteiger partial charge in [0.25, 0.3) is 5.91 Å². The summed E-state index contributed by atoms with van der Waals surface area (Å²) in [4.78, 5) is 36.4. The summed E-state index contributed by atoms with van der Waals surface area (Å²) in [5, 5.41) is 11.0. The van der Waals surface area contributed by atoms with E-state index in [1.165, 1.54) is 12.1 Å². The molecule has 1 atom stereocenters. The van der Waals surface area contributed by atoms with Crippen LogP contribution in [-0.4, -0.2) is 33.9 Å². The number of nitrogens with two attached hydrogens (primary N) is 1. The van der Waals surface area contributed by atoms with Crippen molar-refractivity contribution in [3.05, 3.63) is 29.8 Å². The number of hydrogen-bond donors (Lipinski definition) is 3. The number of carboxylic acids is 1. The molecule has 1 unspecified atom stereocenters. The predicted molar refractivity (Wildman–Crippen MR) is 61.5 cm³/mol. The largest absolute Gasteiger partial charge is 0.480 e. The van der Waals surface area contributed by atoms with Gasteiger partial charge in [-0.05, 0) is 18.6 Å². The zero-order valence-corrected chi connectivity index (χ0v) is 9.80. The average Bonchev–Trinajstić information content (AvgIpc) is 2.33. The lowest BCUT2D eigenvalue weighted by Gasteiger charge is -2.13. The number of aromatic nitrogens is 1. The Kier molecular flexibility index (Phi) is 4.92. The number of nitrogens with one attached hydrogen (secondary N) is 1. The number of halogens is 1. The van der Waals surface area contributed by atoms with Crippen LogP contribution < -0.4 is 11.1 Å². The molecule has 8 heteroatoms. The Morgan fingerprint density at radius 2 is 2.11 bits per heavy atom. The van der Waals surface area contributed by atoms with Gasteiger partial charge in [0.1, 0.15) is 11.7 Å². The summed E-state index contributed by atoms with van der Waals surface area (Å²) >= 11 is 0. The van der Waals surface area contributed by atoms with Crippen LogP contribution in [0.3, 0.4) is 0 Å². The molecule has 1 aromatic rings. The van der Waals surface area contributed by atoms with Crippen molar-refractivity contribution < 1.29 is 23.9 Å². The second-order valence-corrected chi connectivity index (χ2v) is 3.71. The van der Waals surface area contributed by atoms with Crippen molar-refractivity contribution in [3.63, 3.8) is 0 Å². The predicted octanol–water partition coefficient (Wildman–Crippen LogP) is -0.331. The first-order valence-electron chi connectivity index (χ1n) is 5.34. The topological polar surface area (TPSA) is 122 Å². The Hall–Kier alpha value is -2.51. The lowest BCUT2D eigenvalue weighted by Crippen LogP contribution is -2.41. The van der Waals surface area contributed by atoms with Gasteiger partial charge in [0.15, 0.2) is 0 Å². The molecule has 4 N–H and O–H groups in total. The number of carbonyl (C=O) groups excluding carboxylic acids is 2. The quantitative estimate of drug-likeness (QED) is 0.610. The number of carbonyl (C=O) groups is 3. The maximum absolute atomic E-state index is 12.8. The molecule has 0 radical (unpaired) electrons. The fourth-order valence-corrected chi connectivity index (χ4v) is 1.31. The fourth-order valence-electron chi connectivity index (χ4n) is 1.31. The van der Waals surface area contributed by atoms with E-state index in [4.69, 9.17) is 10.8 Å². The zero-order chi connectivity index (χ0) is 14.4. The Labute approximate surface area is 107 Å². The Morgan fingerprint density at radius 3 is 2.63 bits per heavy atom. The molecule has 1 rings (SSSR count). The van der Waals surface area contributed by atoms with E-state index in [1.54, 1.807) is 0 Å². The molecule has 102 valence electrons. The van der Waals surface area contributed by atoms with Gasteiger partial charge in [-0.15, -0.1) is 0 Å². The number of primary amides is 1. The van der Waals surface area contributed by atoms with Crippen molar-refractivity contribution in [3.8, 4) is 0 Å². The van der Waals surface area contributed by atoms with Crippen LogP contribution in [0.15, 0.2) is 18.2 Å². The highest BCUT2D eigenvalue weighted by molar-refractivity contribution is 5.95. The zero-order valence-electron chi connectivity index (χ0n) is 9.80. The molecule has 2 amide bonds. The summed E-state index contributed by atoms with van der Waals surface area (Å²) in [5.74, 6) is -3.68. The lowest BCUT2D eigenvalue weighted by molar-refractivity contribution is -0.139. The standard InChI is InChI=1S/C11H12FN3O4/c12-8-3-1-2-6(14-8)10(17)15-7(11(18)19)4-5-9(13)16/h1-3,7H,4-5H2,(H2,13,16)(H,15,17)(H,18,19). The van der Waals surface area contributed by atoms with Crippen LogP contribution in [0, 0.1) is 5.95 Å². The SMILES string of the molecule is NC(=O)CCC(NC(=O)c1cccc(F)n1)C(=O)O. The maximum Gasteiger partial charge on any atom is 0.326 e. The summed E-state index contributed by atoms with van der Waals surface area (Å²) in [6.45, 7) is 0. The molecular weight excluding hydrogens is 257 g/mol. The van der Waals surface area contributed by atoms with Gasteiger partial charge in [0.2, 0.25) is 11.9 Å². The van der Waals surface area contributed by atoms with E-state index in [0.29, 0.717) is 0 Å². The number of hydrogen-bond acceptors (Lipinski definition) is 4. The summed E-state index contributed by atoms with van der Waals surface area (Å²) in [5.41, 5.74) is 4.65. The van der Waals surface area contributed by atoms with Crippen molar-refractivity contribution in [2.24, 2.45) is 5.73 Å². The average molecular weight is 269 g/mol. The minimum Gasteiger partial charge on any atom is -0.480 e. The van der Waals surface area contributed by atoms with Gasteiger partial charge in [-0.25, -0.2) is 9.78 Å². The molecule has 1 heterocycles. The van der Waals surface area contributed by atoms with Crippen molar-refractivity contribution in [1.29, 1.82) is 0 Å². The normalized spacial score (nSPS) is 11.6. The molecule has 19 heavy (non-hydrogen) atoms. The van der Waals surface area contributed by atoms with Crippen LogP contribution in [-0.2, 0) is 9.59 Å². The third kappa shape index (κ3) is 4.70. The van der Waals surface area contributed by atoms with Crippen LogP contribution in [0.2, 0.25) is 0 Å². The van der Waals surface area contributed by atoms with Crippen LogP contribution in [0.25, 0.3) is 0 Å². The number of amides is 2. The highest BCUT2D eigenvalue weighted by Crippen LogP contribution is 2.02. The van der Waals surface area contributed by atoms with E-state index >= 15 is 0 Å². The molecule has 0 aliphatic rings. The Morgan fingerprint density at radius 1 is 1.42 bits per heavy atom. The van der Waals surface area contributed by atoms with E-state index in [-0.39, 0.29) is 18.5 Å². The molecule has 0 fully saturated rings. The Bertz CT molecular complexity index is 506. The molecule has 0 aliphatic heterocycles. The minimum atomic E-state index is -1.31. The van der Waals surface area contributed by atoms with E-state index in [9.17, 15) is 18.8 Å². The number of carboxylic acid groups (broad SMARTS) is 1. The van der Waals surface area contributed by atoms with E-state index in [0.717, 1.165) is 6.07 Å². The highest BCUT2D eigenvalue weighted by atomic mass is 19.1. The third-order valence-corrected chi connectivity index (χ3v) is 2.23. The van der Waals surface area contributed by atoms with Crippen molar-refractivity contribution in [2.45, 2.75) is 18.9 Å². The summed E-state index contributed by atoms with van der Waals surface area (Å²) < 4.78 is 12.8. The molecule has 7 nitrogen and oxygen atoms in total. The summed E-state index contributed by atoms with van der Waals surface area (Å²) in [6.07, 6.45) is -0.334. The maximum atomic E-state index is 12.8. The molecule has 0 bridgehead atoms. The summed E-state index contributed by atoms with van der Waals surface area (Å²) in [7, 11) is 0. The first kappa shape index (κ1) is 14.6. The number of pyridine rings is 1. The smallest absolute Gasteiger partial charge is 0.326 e. The van der Waals surface area contributed by atoms with Crippen molar-refractivity contribution >= 4 is 17.8 Å². The van der Waals surface area contributed by atoms with Crippen molar-refractivity contribution in [2.75, 3.05) is 0 Å². The molecule has 0 saturated heterocycles. The molecule has 0 aliphatic carbocycles. The lowest BCUT2D eigenvalue weighted by atomic mass is 10.1. The number of nitrogens with zero attached hydrogens (tertiary/aromatic N) is 1. The number of rotatable bonds is 6. The van der Waals surface area contributed by atoms with Gasteiger partial charge in [-0.1, -0.05) is 6.07 Å². The number of aliphatic carboxylic acids is 1. The molecular formula is C11H12FN3O4. The highest BCUT2D eigenvalue weighted by Gasteiger charge is 2.21. The van der Waals surface area contributed by atoms with Crippen LogP contribution in [0.4, 0.5) is 4.39 Å². The van der Waals surface area contributed by atoms with Crippen LogP contribution >= 0.6 is 0 Å². The van der Waals surface area contributed by atoms with E-state index in [2.05, 4.69) is 10.3 Å². The minimum absolute atomic E-state index is 0.147. The van der Waals surface area contributed by atoms with Gasteiger partial charge in [-0.3, -0.25) is 9.59 Å². The first-order chi connectivity index (χ1) is 8.90. The van der Waals surface area contributed by atoms with Gasteiger partial charge in [0, 0.05) is 6.42 Å². The van der Waals surface area contributed by atoms with E-state index in [1.807, 2.05) is 0 Å². The molecule has 0 spiro atoms. The third-order valence-electron chi connectivity index (χ3n) is 2.23. The van der Waals surface area contributed by atoms with Gasteiger partial charge >= 0.3 is 5.97 Å². The van der Waals surface area contributed by atoms with Gasteiger partial charge < -0.3 is 16.2 Å². The molecule has 0 aromatic carbocycles. The summed E-state index contributed by atoms with van der Waals surface area (Å²) in [6, 6.07) is 2.28. The second kappa shape index (κ2) is 6.43. The monoisotopic (exact) mass is 269 g/mol. The second-order valence-electron chi connectivity index (χ2n) is 3.71. The van der Waals surface area contributed by atoms with Crippen LogP contribution in [0.5, 0.6) is 0 Å². The van der Waals surface area contributed by atoms with Crippen molar-refractivity contribution in [1.82, 2.24) is 10.3 Å². The Balaban J connectivity index is 2.71. The van der Waals surface area contributed by atoms with Gasteiger partial charge in [-0.2, -0.15) is 4.39 Å². The van der Waals surface area contributed by atoms with Crippen LogP contribution in [0.1, 0.15) is 23.3 Å². The molecule has 1 aromatic heterocycles. The van der Waals surface area contributed by atoms with E-state index < -0.39 is 29.8 Å². The fraction of sp³-hybridized carbons (Fsp3) is 0.273.